The number of fused-ring (bicyclic) bond motifs is 9. The lowest BCUT2D eigenvalue weighted by Gasteiger charge is -2.22. The van der Waals surface area contributed by atoms with Crippen LogP contribution < -0.4 is 11.1 Å². The van der Waals surface area contributed by atoms with Crippen molar-refractivity contribution in [3.05, 3.63) is 187 Å². The predicted molar refractivity (Wildman–Crippen MR) is 233 cm³/mol. The standard InChI is InChI=1S/C51H39N5/c1-51(2)43-19-9-6-15-37(43)40-31-34(22-25-44(40)51)36-18-12-28-53-49(36)54-50(52)56-46-21-11-8-17-39(46)42-30-33(24-27-48(42)56)32-23-26-47-41(29-32)38-16-7-10-20-45(38)55(47)35-13-4-3-5-14-35/h3-31,50H,52H2,1-2H3,(H,53,54). The van der Waals surface area contributed by atoms with Crippen LogP contribution in [0.15, 0.2) is 176 Å². The van der Waals surface area contributed by atoms with Gasteiger partial charge in [0.15, 0.2) is 6.29 Å². The summed E-state index contributed by atoms with van der Waals surface area (Å²) in [7, 11) is 0. The van der Waals surface area contributed by atoms with Crippen molar-refractivity contribution in [2.75, 3.05) is 5.32 Å². The summed E-state index contributed by atoms with van der Waals surface area (Å²) in [5, 5.41) is 8.41. The van der Waals surface area contributed by atoms with Crippen molar-refractivity contribution in [3.8, 4) is 39.1 Å². The van der Waals surface area contributed by atoms with E-state index in [1.807, 2.05) is 12.3 Å². The molecule has 1 aliphatic carbocycles. The quantitative estimate of drug-likeness (QED) is 0.168. The molecule has 0 aliphatic heterocycles. The van der Waals surface area contributed by atoms with E-state index in [4.69, 9.17) is 10.7 Å². The minimum atomic E-state index is -0.577. The Bertz CT molecular complexity index is 3170. The van der Waals surface area contributed by atoms with Crippen LogP contribution in [0.3, 0.4) is 0 Å². The van der Waals surface area contributed by atoms with Crippen molar-refractivity contribution < 1.29 is 0 Å². The van der Waals surface area contributed by atoms with E-state index in [-0.39, 0.29) is 5.41 Å². The topological polar surface area (TPSA) is 60.8 Å². The van der Waals surface area contributed by atoms with Crippen molar-refractivity contribution in [1.82, 2.24) is 14.1 Å². The number of benzene rings is 7. The molecule has 1 aliphatic rings. The molecule has 3 N–H and O–H groups in total. The first-order valence-corrected chi connectivity index (χ1v) is 19.3. The average Bonchev–Trinajstić information content (AvgIpc) is 3.84. The number of hydrogen-bond donors (Lipinski definition) is 2. The average molecular weight is 722 g/mol. The van der Waals surface area contributed by atoms with Crippen LogP contribution in [0, 0.1) is 0 Å². The monoisotopic (exact) mass is 721 g/mol. The molecule has 11 rings (SSSR count). The van der Waals surface area contributed by atoms with Crippen LogP contribution in [0.4, 0.5) is 5.82 Å². The third-order valence-corrected chi connectivity index (χ3v) is 12.0. The van der Waals surface area contributed by atoms with Gasteiger partial charge in [0.05, 0.1) is 22.1 Å². The van der Waals surface area contributed by atoms with E-state index in [0.29, 0.717) is 0 Å². The van der Waals surface area contributed by atoms with Gasteiger partial charge in [0.1, 0.15) is 5.82 Å². The Labute approximate surface area is 325 Å². The molecule has 3 aromatic heterocycles. The van der Waals surface area contributed by atoms with Crippen LogP contribution in [0.1, 0.15) is 31.3 Å². The molecular formula is C51H39N5. The van der Waals surface area contributed by atoms with Crippen molar-refractivity contribution in [1.29, 1.82) is 0 Å². The molecular weight excluding hydrogens is 683 g/mol. The molecule has 3 heterocycles. The van der Waals surface area contributed by atoms with E-state index >= 15 is 0 Å². The molecule has 268 valence electrons. The first-order valence-electron chi connectivity index (χ1n) is 19.3. The minimum absolute atomic E-state index is 0.0469. The van der Waals surface area contributed by atoms with Crippen LogP contribution in [-0.2, 0) is 5.41 Å². The zero-order valence-corrected chi connectivity index (χ0v) is 31.2. The minimum Gasteiger partial charge on any atom is -0.337 e. The van der Waals surface area contributed by atoms with Gasteiger partial charge in [-0.1, -0.05) is 117 Å². The molecule has 7 aromatic carbocycles. The fraction of sp³-hybridized carbons (Fsp3) is 0.0784. The zero-order chi connectivity index (χ0) is 37.5. The van der Waals surface area contributed by atoms with Gasteiger partial charge in [-0.15, -0.1) is 0 Å². The second kappa shape index (κ2) is 12.3. The molecule has 0 bridgehead atoms. The molecule has 0 saturated heterocycles. The lowest BCUT2D eigenvalue weighted by Crippen LogP contribution is -2.27. The van der Waals surface area contributed by atoms with Gasteiger partial charge < -0.3 is 14.5 Å². The number of nitrogens with two attached hydrogens (primary N) is 1. The Morgan fingerprint density at radius 3 is 1.88 bits per heavy atom. The molecule has 0 spiro atoms. The largest absolute Gasteiger partial charge is 0.337 e. The van der Waals surface area contributed by atoms with Gasteiger partial charge in [-0.25, -0.2) is 4.98 Å². The van der Waals surface area contributed by atoms with E-state index in [9.17, 15) is 0 Å². The highest BCUT2D eigenvalue weighted by atomic mass is 15.3. The maximum absolute atomic E-state index is 7.16. The van der Waals surface area contributed by atoms with Crippen LogP contribution >= 0.6 is 0 Å². The second-order valence-electron chi connectivity index (χ2n) is 15.5. The fourth-order valence-corrected chi connectivity index (χ4v) is 9.34. The summed E-state index contributed by atoms with van der Waals surface area (Å²) in [6.07, 6.45) is 1.25. The molecule has 1 atom stereocenters. The second-order valence-corrected chi connectivity index (χ2v) is 15.5. The maximum Gasteiger partial charge on any atom is 0.158 e. The number of aromatic nitrogens is 3. The summed E-state index contributed by atoms with van der Waals surface area (Å²) in [5.41, 5.74) is 22.5. The van der Waals surface area contributed by atoms with Gasteiger partial charge in [-0.3, -0.25) is 5.73 Å². The number of nitrogens with one attached hydrogen (secondary N) is 1. The summed E-state index contributed by atoms with van der Waals surface area (Å²) in [6.45, 7) is 4.62. The van der Waals surface area contributed by atoms with Crippen molar-refractivity contribution in [3.63, 3.8) is 0 Å². The van der Waals surface area contributed by atoms with Gasteiger partial charge in [0, 0.05) is 44.4 Å². The van der Waals surface area contributed by atoms with Gasteiger partial charge in [-0.2, -0.15) is 0 Å². The Morgan fingerprint density at radius 1 is 0.500 bits per heavy atom. The first kappa shape index (κ1) is 32.5. The number of anilines is 1. The normalized spacial score (nSPS) is 13.7. The maximum atomic E-state index is 7.16. The highest BCUT2D eigenvalue weighted by Gasteiger charge is 2.35. The zero-order valence-electron chi connectivity index (χ0n) is 31.2. The number of pyridine rings is 1. The molecule has 0 fully saturated rings. The Balaban J connectivity index is 0.985. The van der Waals surface area contributed by atoms with Crippen molar-refractivity contribution >= 4 is 49.4 Å². The summed E-state index contributed by atoms with van der Waals surface area (Å²) in [4.78, 5) is 4.85. The van der Waals surface area contributed by atoms with E-state index < -0.39 is 6.29 Å². The number of nitrogens with zero attached hydrogens (tertiary/aromatic N) is 3. The summed E-state index contributed by atoms with van der Waals surface area (Å²) >= 11 is 0. The molecule has 0 saturated carbocycles. The number of para-hydroxylation sites is 3. The van der Waals surface area contributed by atoms with E-state index in [0.717, 1.165) is 50.0 Å². The van der Waals surface area contributed by atoms with E-state index in [1.54, 1.807) is 0 Å². The van der Waals surface area contributed by atoms with Gasteiger partial charge in [-0.05, 0) is 106 Å². The molecule has 5 nitrogen and oxygen atoms in total. The smallest absolute Gasteiger partial charge is 0.158 e. The summed E-state index contributed by atoms with van der Waals surface area (Å²) < 4.78 is 4.56. The van der Waals surface area contributed by atoms with Gasteiger partial charge in [0.2, 0.25) is 0 Å². The van der Waals surface area contributed by atoms with Crippen LogP contribution in [-0.4, -0.2) is 14.1 Å². The van der Waals surface area contributed by atoms with Crippen LogP contribution in [0.25, 0.3) is 82.7 Å². The van der Waals surface area contributed by atoms with Gasteiger partial charge >= 0.3 is 0 Å². The molecule has 0 radical (unpaired) electrons. The molecule has 5 heteroatoms. The van der Waals surface area contributed by atoms with Crippen LogP contribution in [0.5, 0.6) is 0 Å². The Kier molecular flexibility index (Phi) is 7.12. The van der Waals surface area contributed by atoms with E-state index in [1.165, 1.54) is 49.6 Å². The highest BCUT2D eigenvalue weighted by Crippen LogP contribution is 2.50. The number of rotatable bonds is 6. The molecule has 10 aromatic rings. The number of hydrogen-bond acceptors (Lipinski definition) is 3. The third kappa shape index (κ3) is 4.81. The highest BCUT2D eigenvalue weighted by molar-refractivity contribution is 6.12. The lowest BCUT2D eigenvalue weighted by molar-refractivity contribution is 0.623. The van der Waals surface area contributed by atoms with Crippen molar-refractivity contribution in [2.45, 2.75) is 25.6 Å². The lowest BCUT2D eigenvalue weighted by atomic mass is 9.82. The third-order valence-electron chi connectivity index (χ3n) is 12.0. The van der Waals surface area contributed by atoms with Crippen LogP contribution in [0.2, 0.25) is 0 Å². The molecule has 1 unspecified atom stereocenters. The first-order chi connectivity index (χ1) is 27.5. The molecule has 0 amide bonds. The Morgan fingerprint density at radius 2 is 1.07 bits per heavy atom. The summed E-state index contributed by atoms with van der Waals surface area (Å²) in [5.74, 6) is 0.746. The SMILES string of the molecule is CC1(C)c2ccccc2-c2cc(-c3cccnc3NC(N)n3c4ccccc4c4cc(-c5ccc6c(c5)c5ccccc5n6-c5ccccc5)ccc43)ccc21. The fourth-order valence-electron chi connectivity index (χ4n) is 9.34. The van der Waals surface area contributed by atoms with Gasteiger partial charge in [0.25, 0.3) is 0 Å². The van der Waals surface area contributed by atoms with E-state index in [2.05, 4.69) is 192 Å². The molecule has 56 heavy (non-hydrogen) atoms. The summed E-state index contributed by atoms with van der Waals surface area (Å²) in [6, 6.07) is 61.1. The van der Waals surface area contributed by atoms with Crippen molar-refractivity contribution in [2.24, 2.45) is 5.73 Å². The Hall–Kier alpha value is -6.95. The predicted octanol–water partition coefficient (Wildman–Crippen LogP) is 12.5.